The maximum Gasteiger partial charge on any atom is 0.326 e. The van der Waals surface area contributed by atoms with Crippen molar-refractivity contribution in [2.45, 2.75) is 24.8 Å². The number of carboxylic acids is 1. The summed E-state index contributed by atoms with van der Waals surface area (Å²) in [5.74, 6) is -2.11. The predicted molar refractivity (Wildman–Crippen MR) is 133 cm³/mol. The summed E-state index contributed by atoms with van der Waals surface area (Å²) >= 11 is 1.47. The highest BCUT2D eigenvalue weighted by Gasteiger charge is 2.37. The average molecular weight is 488 g/mol. The van der Waals surface area contributed by atoms with Gasteiger partial charge < -0.3 is 10.4 Å². The zero-order valence-electron chi connectivity index (χ0n) is 18.8. The predicted octanol–water partition coefficient (Wildman–Crippen LogP) is 4.46. The first-order valence-corrected chi connectivity index (χ1v) is 13.2. The highest BCUT2D eigenvalue weighted by molar-refractivity contribution is 7.98. The SMILES string of the molecule is CSCC(C1=C(C)/C(=C/c2ccc(S(C)=O)cc2)c2ccc(F)cc21)[C@H](NC(C)=O)C(=O)O. The van der Waals surface area contributed by atoms with Gasteiger partial charge in [0, 0.05) is 40.5 Å². The molecule has 8 heteroatoms. The molecule has 174 valence electrons. The Morgan fingerprint density at radius 3 is 2.39 bits per heavy atom. The van der Waals surface area contributed by atoms with E-state index in [1.54, 1.807) is 24.5 Å². The Morgan fingerprint density at radius 2 is 1.85 bits per heavy atom. The summed E-state index contributed by atoms with van der Waals surface area (Å²) in [5, 5.41) is 12.4. The number of hydrogen-bond donors (Lipinski definition) is 2. The normalized spacial score (nSPS) is 16.9. The van der Waals surface area contributed by atoms with Crippen molar-refractivity contribution < 1.29 is 23.3 Å². The van der Waals surface area contributed by atoms with E-state index >= 15 is 0 Å². The van der Waals surface area contributed by atoms with Gasteiger partial charge in [-0.1, -0.05) is 18.2 Å². The van der Waals surface area contributed by atoms with Crippen LogP contribution in [0.25, 0.3) is 17.2 Å². The van der Waals surface area contributed by atoms with Gasteiger partial charge in [-0.25, -0.2) is 9.18 Å². The van der Waals surface area contributed by atoms with E-state index in [2.05, 4.69) is 5.32 Å². The Morgan fingerprint density at radius 1 is 1.18 bits per heavy atom. The molecule has 1 aliphatic rings. The molecule has 2 unspecified atom stereocenters. The van der Waals surface area contributed by atoms with E-state index in [1.165, 1.54) is 30.8 Å². The number of hydrogen-bond acceptors (Lipinski definition) is 4. The van der Waals surface area contributed by atoms with E-state index in [-0.39, 0.29) is 0 Å². The van der Waals surface area contributed by atoms with Crippen LogP contribution in [-0.2, 0) is 20.4 Å². The Labute approximate surface area is 199 Å². The lowest BCUT2D eigenvalue weighted by Crippen LogP contribution is -2.46. The van der Waals surface area contributed by atoms with Crippen LogP contribution in [0.1, 0.15) is 30.5 Å². The standard InChI is InChI=1S/C25H26FNO4S2/c1-14-20(11-16-5-8-18(9-6-16)33(4)31)19-10-7-17(26)12-21(19)23(14)22(13-32-3)24(25(29)30)27-15(2)28/h5-12,22,24H,13H2,1-4H3,(H,27,28)(H,29,30)/b20-11-/t22?,24-,33?/m0/s1. The highest BCUT2D eigenvalue weighted by Crippen LogP contribution is 2.47. The molecule has 0 saturated heterocycles. The first-order chi connectivity index (χ1) is 15.6. The first-order valence-electron chi connectivity index (χ1n) is 10.3. The number of nitrogens with one attached hydrogen (secondary N) is 1. The van der Waals surface area contributed by atoms with Gasteiger partial charge in [-0.3, -0.25) is 9.00 Å². The molecule has 0 aromatic heterocycles. The van der Waals surface area contributed by atoms with Gasteiger partial charge in [-0.2, -0.15) is 11.8 Å². The molecule has 33 heavy (non-hydrogen) atoms. The minimum absolute atomic E-state index is 0.413. The molecular formula is C25H26FNO4S2. The van der Waals surface area contributed by atoms with E-state index < -0.39 is 40.5 Å². The number of carbonyl (C=O) groups excluding carboxylic acids is 1. The van der Waals surface area contributed by atoms with Crippen LogP contribution in [0.3, 0.4) is 0 Å². The van der Waals surface area contributed by atoms with Gasteiger partial charge in [0.05, 0.1) is 0 Å². The molecule has 2 aromatic carbocycles. The first kappa shape index (κ1) is 24.9. The van der Waals surface area contributed by atoms with Crippen molar-refractivity contribution >= 4 is 51.7 Å². The molecule has 3 atom stereocenters. The van der Waals surface area contributed by atoms with E-state index in [1.807, 2.05) is 31.4 Å². The van der Waals surface area contributed by atoms with Gasteiger partial charge in [-0.05, 0) is 76.9 Å². The van der Waals surface area contributed by atoms with E-state index in [0.29, 0.717) is 11.3 Å². The molecule has 1 amide bonds. The summed E-state index contributed by atoms with van der Waals surface area (Å²) in [6, 6.07) is 10.7. The van der Waals surface area contributed by atoms with Gasteiger partial charge in [0.2, 0.25) is 5.91 Å². The number of fused-ring (bicyclic) bond motifs is 1. The minimum atomic E-state index is -1.14. The van der Waals surface area contributed by atoms with E-state index in [4.69, 9.17) is 0 Å². The maximum absolute atomic E-state index is 14.3. The van der Waals surface area contributed by atoms with Crippen LogP contribution in [0.4, 0.5) is 4.39 Å². The van der Waals surface area contributed by atoms with Gasteiger partial charge in [0.25, 0.3) is 0 Å². The Hall–Kier alpha value is -2.71. The fourth-order valence-electron chi connectivity index (χ4n) is 4.19. The zero-order chi connectivity index (χ0) is 24.3. The molecule has 0 spiro atoms. The molecule has 3 rings (SSSR count). The highest BCUT2D eigenvalue weighted by atomic mass is 32.2. The molecule has 2 aromatic rings. The lowest BCUT2D eigenvalue weighted by atomic mass is 9.87. The van der Waals surface area contributed by atoms with Crippen molar-refractivity contribution in [1.82, 2.24) is 5.32 Å². The minimum Gasteiger partial charge on any atom is -0.480 e. The topological polar surface area (TPSA) is 83.5 Å². The van der Waals surface area contributed by atoms with Crippen molar-refractivity contribution in [2.24, 2.45) is 5.92 Å². The Kier molecular flexibility index (Phi) is 7.92. The Balaban J connectivity index is 2.19. The third-order valence-electron chi connectivity index (χ3n) is 5.64. The summed E-state index contributed by atoms with van der Waals surface area (Å²) in [4.78, 5) is 24.6. The fourth-order valence-corrected chi connectivity index (χ4v) is 5.43. The molecule has 2 N–H and O–H groups in total. The van der Waals surface area contributed by atoms with Crippen LogP contribution in [0.15, 0.2) is 52.9 Å². The molecule has 0 fully saturated rings. The van der Waals surface area contributed by atoms with Crippen LogP contribution in [-0.4, -0.2) is 45.5 Å². The molecular weight excluding hydrogens is 461 g/mol. The summed E-state index contributed by atoms with van der Waals surface area (Å²) in [6.45, 7) is 3.18. The van der Waals surface area contributed by atoms with Crippen molar-refractivity contribution in [1.29, 1.82) is 0 Å². The van der Waals surface area contributed by atoms with E-state index in [0.717, 1.165) is 32.7 Å². The lowest BCUT2D eigenvalue weighted by Gasteiger charge is -2.26. The average Bonchev–Trinajstić information content (AvgIpc) is 3.01. The number of carbonyl (C=O) groups is 2. The third-order valence-corrected chi connectivity index (χ3v) is 7.27. The van der Waals surface area contributed by atoms with Crippen LogP contribution < -0.4 is 5.32 Å². The number of rotatable bonds is 8. The van der Waals surface area contributed by atoms with Crippen molar-refractivity contribution in [2.75, 3.05) is 18.3 Å². The van der Waals surface area contributed by atoms with Crippen molar-refractivity contribution in [3.05, 3.63) is 70.5 Å². The second-order valence-electron chi connectivity index (χ2n) is 7.89. The van der Waals surface area contributed by atoms with Crippen LogP contribution in [0.2, 0.25) is 0 Å². The lowest BCUT2D eigenvalue weighted by molar-refractivity contribution is -0.142. The van der Waals surface area contributed by atoms with Gasteiger partial charge in [-0.15, -0.1) is 0 Å². The quantitative estimate of drug-likeness (QED) is 0.575. The number of allylic oxidation sites excluding steroid dienone is 2. The molecule has 0 aliphatic heterocycles. The monoisotopic (exact) mass is 487 g/mol. The van der Waals surface area contributed by atoms with Gasteiger partial charge >= 0.3 is 5.97 Å². The molecule has 1 aliphatic carbocycles. The molecule has 0 bridgehead atoms. The number of aliphatic carboxylic acids is 1. The zero-order valence-corrected chi connectivity index (χ0v) is 20.5. The molecule has 0 heterocycles. The van der Waals surface area contributed by atoms with Crippen LogP contribution >= 0.6 is 11.8 Å². The third kappa shape index (κ3) is 5.45. The summed E-state index contributed by atoms with van der Waals surface area (Å²) < 4.78 is 26.0. The van der Waals surface area contributed by atoms with Gasteiger partial charge in [0.15, 0.2) is 0 Å². The molecule has 0 radical (unpaired) electrons. The number of amides is 1. The van der Waals surface area contributed by atoms with Crippen LogP contribution in [0.5, 0.6) is 0 Å². The van der Waals surface area contributed by atoms with E-state index in [9.17, 15) is 23.3 Å². The van der Waals surface area contributed by atoms with Crippen molar-refractivity contribution in [3.8, 4) is 0 Å². The largest absolute Gasteiger partial charge is 0.480 e. The Bertz CT molecular complexity index is 1170. The van der Waals surface area contributed by atoms with Crippen LogP contribution in [0, 0.1) is 11.7 Å². The summed E-state index contributed by atoms with van der Waals surface area (Å²) in [5.41, 5.74) is 4.76. The summed E-state index contributed by atoms with van der Waals surface area (Å²) in [6.07, 6.45) is 5.45. The molecule has 5 nitrogen and oxygen atoms in total. The number of halogens is 1. The molecule has 0 saturated carbocycles. The second-order valence-corrected chi connectivity index (χ2v) is 10.2. The maximum atomic E-state index is 14.3. The smallest absolute Gasteiger partial charge is 0.326 e. The number of carboxylic acid groups (broad SMARTS) is 1. The summed E-state index contributed by atoms with van der Waals surface area (Å²) in [7, 11) is -1.08. The number of thioether (sulfide) groups is 1. The fraction of sp³-hybridized carbons (Fsp3) is 0.280. The van der Waals surface area contributed by atoms with Gasteiger partial charge in [0.1, 0.15) is 11.9 Å². The number of benzene rings is 2. The second kappa shape index (κ2) is 10.5. The van der Waals surface area contributed by atoms with Crippen molar-refractivity contribution in [3.63, 3.8) is 0 Å².